The van der Waals surface area contributed by atoms with Crippen molar-refractivity contribution >= 4 is 23.5 Å². The Morgan fingerprint density at radius 3 is 2.46 bits per heavy atom. The molecule has 0 unspecified atom stereocenters. The van der Waals surface area contributed by atoms with Gasteiger partial charge in [0.25, 0.3) is 5.91 Å². The fourth-order valence-corrected chi connectivity index (χ4v) is 2.38. The van der Waals surface area contributed by atoms with Crippen LogP contribution >= 0.6 is 11.6 Å². The second-order valence-corrected chi connectivity index (χ2v) is 5.35. The normalized spacial score (nSPS) is 11.2. The van der Waals surface area contributed by atoms with Gasteiger partial charge in [-0.25, -0.2) is 0 Å². The SMILES string of the molecule is N#CCOC(=O)C[C@H](NC(=O)c1ccccc1Cl)c1ccccc1. The molecule has 1 N–H and O–H groups in total. The van der Waals surface area contributed by atoms with Crippen molar-refractivity contribution in [2.75, 3.05) is 6.61 Å². The zero-order chi connectivity index (χ0) is 17.4. The summed E-state index contributed by atoms with van der Waals surface area (Å²) in [6, 6.07) is 16.9. The number of halogens is 1. The Bertz CT molecular complexity index is 756. The summed E-state index contributed by atoms with van der Waals surface area (Å²) in [5.74, 6) is -0.951. The van der Waals surface area contributed by atoms with Gasteiger partial charge in [-0.2, -0.15) is 5.26 Å². The smallest absolute Gasteiger partial charge is 0.309 e. The lowest BCUT2D eigenvalue weighted by molar-refractivity contribution is -0.142. The monoisotopic (exact) mass is 342 g/mol. The predicted molar refractivity (Wildman–Crippen MR) is 89.3 cm³/mol. The van der Waals surface area contributed by atoms with Crippen LogP contribution in [0.4, 0.5) is 0 Å². The molecule has 2 aromatic carbocycles. The topological polar surface area (TPSA) is 79.2 Å². The molecule has 0 fully saturated rings. The molecule has 1 atom stereocenters. The highest BCUT2D eigenvalue weighted by molar-refractivity contribution is 6.33. The maximum Gasteiger partial charge on any atom is 0.309 e. The van der Waals surface area contributed by atoms with Gasteiger partial charge in [-0.3, -0.25) is 9.59 Å². The van der Waals surface area contributed by atoms with E-state index in [0.717, 1.165) is 5.56 Å². The van der Waals surface area contributed by atoms with Crippen LogP contribution in [0, 0.1) is 11.3 Å². The highest BCUT2D eigenvalue weighted by atomic mass is 35.5. The highest BCUT2D eigenvalue weighted by Crippen LogP contribution is 2.20. The third kappa shape index (κ3) is 4.83. The van der Waals surface area contributed by atoms with Gasteiger partial charge in [-0.15, -0.1) is 0 Å². The summed E-state index contributed by atoms with van der Waals surface area (Å²) in [7, 11) is 0. The second kappa shape index (κ2) is 8.70. The summed E-state index contributed by atoms with van der Waals surface area (Å²) in [6.07, 6.45) is -0.0815. The third-order valence-corrected chi connectivity index (χ3v) is 3.62. The van der Waals surface area contributed by atoms with Crippen molar-refractivity contribution in [3.8, 4) is 6.07 Å². The number of rotatable bonds is 6. The van der Waals surface area contributed by atoms with Crippen molar-refractivity contribution in [2.24, 2.45) is 0 Å². The van der Waals surface area contributed by atoms with Gasteiger partial charge in [0, 0.05) is 0 Å². The summed E-state index contributed by atoms with van der Waals surface area (Å²) in [4.78, 5) is 24.3. The molecule has 0 aliphatic carbocycles. The molecule has 0 bridgehead atoms. The summed E-state index contributed by atoms with van der Waals surface area (Å²) in [5, 5.41) is 11.6. The van der Waals surface area contributed by atoms with E-state index in [1.165, 1.54) is 0 Å². The molecule has 24 heavy (non-hydrogen) atoms. The van der Waals surface area contributed by atoms with Crippen molar-refractivity contribution in [3.63, 3.8) is 0 Å². The molecule has 0 saturated heterocycles. The molecular formula is C18H15ClN2O3. The molecular weight excluding hydrogens is 328 g/mol. The number of carbonyl (C=O) groups is 2. The van der Waals surface area contributed by atoms with E-state index < -0.39 is 12.0 Å². The maximum atomic E-state index is 12.4. The molecule has 0 heterocycles. The minimum atomic E-state index is -0.582. The van der Waals surface area contributed by atoms with Crippen molar-refractivity contribution in [2.45, 2.75) is 12.5 Å². The first-order valence-corrected chi connectivity index (χ1v) is 7.62. The van der Waals surface area contributed by atoms with Gasteiger partial charge in [0.15, 0.2) is 6.61 Å². The average molecular weight is 343 g/mol. The van der Waals surface area contributed by atoms with Gasteiger partial charge in [0.2, 0.25) is 0 Å². The Labute approximate surface area is 144 Å². The van der Waals surface area contributed by atoms with Gasteiger partial charge in [0.1, 0.15) is 6.07 Å². The molecule has 2 rings (SSSR count). The number of hydrogen-bond donors (Lipinski definition) is 1. The first kappa shape index (κ1) is 17.5. The molecule has 6 heteroatoms. The quantitative estimate of drug-likeness (QED) is 0.817. The number of carbonyl (C=O) groups excluding carboxylic acids is 2. The van der Waals surface area contributed by atoms with Gasteiger partial charge >= 0.3 is 5.97 Å². The summed E-state index contributed by atoms with van der Waals surface area (Å²) in [6.45, 7) is -0.321. The van der Waals surface area contributed by atoms with Crippen LogP contribution in [0.25, 0.3) is 0 Å². The Balaban J connectivity index is 2.17. The van der Waals surface area contributed by atoms with Crippen molar-refractivity contribution in [3.05, 3.63) is 70.7 Å². The molecule has 0 aliphatic rings. The van der Waals surface area contributed by atoms with Crippen molar-refractivity contribution in [1.29, 1.82) is 5.26 Å². The fraction of sp³-hybridized carbons (Fsp3) is 0.167. The standard InChI is InChI=1S/C18H15ClN2O3/c19-15-9-5-4-8-14(15)18(23)21-16(12-17(22)24-11-10-20)13-6-2-1-3-7-13/h1-9,16H,11-12H2,(H,21,23)/t16-/m0/s1. The lowest BCUT2D eigenvalue weighted by Crippen LogP contribution is -2.30. The first-order valence-electron chi connectivity index (χ1n) is 7.24. The Morgan fingerprint density at radius 1 is 1.12 bits per heavy atom. The number of nitrogens with one attached hydrogen (secondary N) is 1. The number of esters is 1. The molecule has 2 aromatic rings. The van der Waals surface area contributed by atoms with Crippen molar-refractivity contribution < 1.29 is 14.3 Å². The lowest BCUT2D eigenvalue weighted by Gasteiger charge is -2.18. The molecule has 0 spiro atoms. The van der Waals surface area contributed by atoms with Crippen LogP contribution in [0.1, 0.15) is 28.4 Å². The molecule has 0 aliphatic heterocycles. The Hall–Kier alpha value is -2.84. The Morgan fingerprint density at radius 2 is 1.79 bits per heavy atom. The van der Waals surface area contributed by atoms with Gasteiger partial charge in [0.05, 0.1) is 23.0 Å². The van der Waals surface area contributed by atoms with E-state index in [0.29, 0.717) is 10.6 Å². The van der Waals surface area contributed by atoms with Gasteiger partial charge in [-0.05, 0) is 17.7 Å². The zero-order valence-corrected chi connectivity index (χ0v) is 13.5. The molecule has 122 valence electrons. The van der Waals surface area contributed by atoms with Crippen LogP contribution in [0.5, 0.6) is 0 Å². The number of nitrogens with zero attached hydrogens (tertiary/aromatic N) is 1. The number of nitriles is 1. The average Bonchev–Trinajstić information content (AvgIpc) is 2.60. The summed E-state index contributed by atoms with van der Waals surface area (Å²) >= 11 is 6.03. The summed E-state index contributed by atoms with van der Waals surface area (Å²) in [5.41, 5.74) is 1.08. The van der Waals surface area contributed by atoms with E-state index in [4.69, 9.17) is 21.6 Å². The number of ether oxygens (including phenoxy) is 1. The van der Waals surface area contributed by atoms with Crippen LogP contribution < -0.4 is 5.32 Å². The largest absolute Gasteiger partial charge is 0.450 e. The summed E-state index contributed by atoms with van der Waals surface area (Å²) < 4.78 is 4.78. The number of amides is 1. The first-order chi connectivity index (χ1) is 11.6. The van der Waals surface area contributed by atoms with Crippen LogP contribution in [0.2, 0.25) is 5.02 Å². The van der Waals surface area contributed by atoms with Crippen LogP contribution in [0.3, 0.4) is 0 Å². The molecule has 0 aromatic heterocycles. The number of benzene rings is 2. The van der Waals surface area contributed by atoms with E-state index in [-0.39, 0.29) is 18.9 Å². The van der Waals surface area contributed by atoms with E-state index in [9.17, 15) is 9.59 Å². The minimum Gasteiger partial charge on any atom is -0.450 e. The number of hydrogen-bond acceptors (Lipinski definition) is 4. The van der Waals surface area contributed by atoms with E-state index in [1.807, 2.05) is 18.2 Å². The van der Waals surface area contributed by atoms with E-state index in [1.54, 1.807) is 42.5 Å². The van der Waals surface area contributed by atoms with Crippen molar-refractivity contribution in [1.82, 2.24) is 5.32 Å². The van der Waals surface area contributed by atoms with Crippen LogP contribution in [-0.4, -0.2) is 18.5 Å². The molecule has 0 saturated carbocycles. The van der Waals surface area contributed by atoms with Crippen LogP contribution in [-0.2, 0) is 9.53 Å². The molecule has 5 nitrogen and oxygen atoms in total. The van der Waals surface area contributed by atoms with E-state index >= 15 is 0 Å². The van der Waals surface area contributed by atoms with Gasteiger partial charge < -0.3 is 10.1 Å². The second-order valence-electron chi connectivity index (χ2n) is 4.94. The Kier molecular flexibility index (Phi) is 6.35. The maximum absolute atomic E-state index is 12.4. The highest BCUT2D eigenvalue weighted by Gasteiger charge is 2.21. The van der Waals surface area contributed by atoms with Gasteiger partial charge in [-0.1, -0.05) is 54.1 Å². The molecule has 1 amide bonds. The third-order valence-electron chi connectivity index (χ3n) is 3.29. The minimum absolute atomic E-state index is 0.0815. The zero-order valence-electron chi connectivity index (χ0n) is 12.7. The fourth-order valence-electron chi connectivity index (χ4n) is 2.16. The molecule has 0 radical (unpaired) electrons. The predicted octanol–water partition coefficient (Wildman–Crippen LogP) is 3.27. The lowest BCUT2D eigenvalue weighted by atomic mass is 10.0. The van der Waals surface area contributed by atoms with E-state index in [2.05, 4.69) is 5.32 Å². The van der Waals surface area contributed by atoms with Crippen LogP contribution in [0.15, 0.2) is 54.6 Å².